The number of methoxy groups -OCH3 is 1. The summed E-state index contributed by atoms with van der Waals surface area (Å²) in [6.45, 7) is 0.874. The maximum absolute atomic E-state index is 12.5. The fourth-order valence-electron chi connectivity index (χ4n) is 2.30. The average Bonchev–Trinajstić information content (AvgIpc) is 2.47. The number of nitrogens with two attached hydrogens (primary N) is 1. The number of hydrogen-bond acceptors (Lipinski definition) is 5. The second-order valence-corrected chi connectivity index (χ2v) is 6.43. The summed E-state index contributed by atoms with van der Waals surface area (Å²) in [5.41, 5.74) is 5.67. The molecule has 0 amide bonds. The molecular formula is C12H19N3O3S. The highest BCUT2D eigenvalue weighted by Gasteiger charge is 2.32. The third-order valence-corrected chi connectivity index (χ3v) is 5.31. The van der Waals surface area contributed by atoms with Gasteiger partial charge in [0.15, 0.2) is 0 Å². The van der Waals surface area contributed by atoms with Crippen molar-refractivity contribution in [3.05, 3.63) is 18.3 Å². The number of rotatable bonds is 4. The molecule has 106 valence electrons. The monoisotopic (exact) mass is 285 g/mol. The number of ether oxygens (including phenoxy) is 1. The van der Waals surface area contributed by atoms with E-state index in [2.05, 4.69) is 4.98 Å². The lowest BCUT2D eigenvalue weighted by molar-refractivity contribution is 0.257. The van der Waals surface area contributed by atoms with Crippen molar-refractivity contribution in [2.75, 3.05) is 20.2 Å². The summed E-state index contributed by atoms with van der Waals surface area (Å²) in [5, 5.41) is 0. The molecule has 1 saturated heterocycles. The third-order valence-electron chi connectivity index (χ3n) is 3.37. The van der Waals surface area contributed by atoms with E-state index < -0.39 is 10.0 Å². The van der Waals surface area contributed by atoms with E-state index in [4.69, 9.17) is 10.5 Å². The Morgan fingerprint density at radius 3 is 2.84 bits per heavy atom. The number of sulfonamides is 1. The molecule has 1 fully saturated rings. The van der Waals surface area contributed by atoms with Crippen LogP contribution in [0.2, 0.25) is 0 Å². The minimum absolute atomic E-state index is 0.110. The fourth-order valence-corrected chi connectivity index (χ4v) is 3.95. The summed E-state index contributed by atoms with van der Waals surface area (Å²) in [4.78, 5) is 4.14. The van der Waals surface area contributed by atoms with Crippen LogP contribution in [0.3, 0.4) is 0 Å². The minimum atomic E-state index is -3.51. The second-order valence-electron chi connectivity index (χ2n) is 4.54. The first-order chi connectivity index (χ1) is 9.09. The highest BCUT2D eigenvalue weighted by molar-refractivity contribution is 7.89. The molecule has 1 aromatic rings. The largest absolute Gasteiger partial charge is 0.481 e. The zero-order chi connectivity index (χ0) is 13.9. The molecule has 0 spiro atoms. The van der Waals surface area contributed by atoms with Gasteiger partial charge in [-0.15, -0.1) is 0 Å². The van der Waals surface area contributed by atoms with Crippen LogP contribution in [0.1, 0.15) is 19.3 Å². The predicted octanol–water partition coefficient (Wildman–Crippen LogP) is 0.592. The normalized spacial score (nSPS) is 21.3. The van der Waals surface area contributed by atoms with Crippen LogP contribution in [-0.2, 0) is 10.0 Å². The number of nitrogens with zero attached hydrogens (tertiary/aromatic N) is 2. The lowest BCUT2D eigenvalue weighted by atomic mass is 10.1. The topological polar surface area (TPSA) is 85.5 Å². The molecule has 6 nitrogen and oxygen atoms in total. The van der Waals surface area contributed by atoms with Crippen molar-refractivity contribution in [3.8, 4) is 5.88 Å². The zero-order valence-electron chi connectivity index (χ0n) is 10.9. The lowest BCUT2D eigenvalue weighted by Gasteiger charge is -2.33. The molecule has 0 aromatic carbocycles. The SMILES string of the molecule is COc1ccc(S(=O)(=O)N2CCCCC2CN)cn1. The molecule has 7 heteroatoms. The summed E-state index contributed by atoms with van der Waals surface area (Å²) in [6.07, 6.45) is 4.05. The molecule has 19 heavy (non-hydrogen) atoms. The molecule has 2 rings (SSSR count). The summed E-state index contributed by atoms with van der Waals surface area (Å²) >= 11 is 0. The molecule has 1 aliphatic heterocycles. The van der Waals surface area contributed by atoms with E-state index in [1.54, 1.807) is 6.07 Å². The molecule has 0 bridgehead atoms. The third kappa shape index (κ3) is 2.88. The second kappa shape index (κ2) is 5.85. The van der Waals surface area contributed by atoms with Crippen molar-refractivity contribution in [2.45, 2.75) is 30.2 Å². The number of piperidine rings is 1. The molecule has 1 aliphatic rings. The van der Waals surface area contributed by atoms with Gasteiger partial charge in [0.2, 0.25) is 15.9 Å². The Morgan fingerprint density at radius 2 is 2.26 bits per heavy atom. The van der Waals surface area contributed by atoms with Gasteiger partial charge in [-0.25, -0.2) is 13.4 Å². The average molecular weight is 285 g/mol. The number of hydrogen-bond donors (Lipinski definition) is 1. The molecule has 0 aliphatic carbocycles. The molecule has 1 unspecified atom stereocenters. The van der Waals surface area contributed by atoms with E-state index in [1.807, 2.05) is 0 Å². The highest BCUT2D eigenvalue weighted by Crippen LogP contribution is 2.25. The summed E-state index contributed by atoms with van der Waals surface area (Å²) < 4.78 is 31.5. The Kier molecular flexibility index (Phi) is 4.38. The number of aromatic nitrogens is 1. The van der Waals surface area contributed by atoms with E-state index in [1.165, 1.54) is 23.7 Å². The van der Waals surface area contributed by atoms with Crippen LogP contribution in [0.25, 0.3) is 0 Å². The van der Waals surface area contributed by atoms with E-state index in [0.717, 1.165) is 19.3 Å². The van der Waals surface area contributed by atoms with Crippen molar-refractivity contribution in [1.82, 2.24) is 9.29 Å². The molecule has 2 heterocycles. The van der Waals surface area contributed by atoms with E-state index in [0.29, 0.717) is 19.0 Å². The predicted molar refractivity (Wildman–Crippen MR) is 71.4 cm³/mol. The van der Waals surface area contributed by atoms with Crippen LogP contribution in [0.4, 0.5) is 0 Å². The number of pyridine rings is 1. The molecular weight excluding hydrogens is 266 g/mol. The van der Waals surface area contributed by atoms with Crippen molar-refractivity contribution in [3.63, 3.8) is 0 Å². The van der Waals surface area contributed by atoms with Gasteiger partial charge in [0, 0.05) is 25.2 Å². The van der Waals surface area contributed by atoms with Gasteiger partial charge >= 0.3 is 0 Å². The quantitative estimate of drug-likeness (QED) is 0.875. The van der Waals surface area contributed by atoms with Crippen LogP contribution in [0, 0.1) is 0 Å². The Balaban J connectivity index is 2.29. The van der Waals surface area contributed by atoms with Crippen LogP contribution >= 0.6 is 0 Å². The van der Waals surface area contributed by atoms with Gasteiger partial charge in [0.05, 0.1) is 13.3 Å². The van der Waals surface area contributed by atoms with Gasteiger partial charge in [-0.2, -0.15) is 4.31 Å². The first-order valence-electron chi connectivity index (χ1n) is 6.31. The highest BCUT2D eigenvalue weighted by atomic mass is 32.2. The van der Waals surface area contributed by atoms with Gasteiger partial charge in [0.1, 0.15) is 4.90 Å². The maximum Gasteiger partial charge on any atom is 0.244 e. The summed E-state index contributed by atoms with van der Waals surface area (Å²) in [7, 11) is -2.02. The van der Waals surface area contributed by atoms with Gasteiger partial charge in [-0.3, -0.25) is 0 Å². The van der Waals surface area contributed by atoms with E-state index in [-0.39, 0.29) is 10.9 Å². The lowest BCUT2D eigenvalue weighted by Crippen LogP contribution is -2.47. The Morgan fingerprint density at radius 1 is 1.47 bits per heavy atom. The van der Waals surface area contributed by atoms with E-state index in [9.17, 15) is 8.42 Å². The van der Waals surface area contributed by atoms with Crippen LogP contribution < -0.4 is 10.5 Å². The standard InChI is InChI=1S/C12H19N3O3S/c1-18-12-6-5-11(9-14-12)19(16,17)15-7-3-2-4-10(15)8-13/h5-6,9-10H,2-4,7-8,13H2,1H3. The van der Waals surface area contributed by atoms with Gasteiger partial charge < -0.3 is 10.5 Å². The Hall–Kier alpha value is -1.18. The molecule has 0 radical (unpaired) electrons. The van der Waals surface area contributed by atoms with Gasteiger partial charge in [0.25, 0.3) is 0 Å². The van der Waals surface area contributed by atoms with Gasteiger partial charge in [-0.05, 0) is 18.9 Å². The van der Waals surface area contributed by atoms with Crippen LogP contribution in [0.15, 0.2) is 23.2 Å². The molecule has 0 saturated carbocycles. The van der Waals surface area contributed by atoms with Crippen LogP contribution in [-0.4, -0.2) is 43.9 Å². The summed E-state index contributed by atoms with van der Waals surface area (Å²) in [6, 6.07) is 2.96. The first-order valence-corrected chi connectivity index (χ1v) is 7.75. The molecule has 1 aromatic heterocycles. The smallest absolute Gasteiger partial charge is 0.244 e. The Labute approximate surface area is 113 Å². The van der Waals surface area contributed by atoms with Crippen molar-refractivity contribution in [1.29, 1.82) is 0 Å². The maximum atomic E-state index is 12.5. The van der Waals surface area contributed by atoms with Gasteiger partial charge in [-0.1, -0.05) is 6.42 Å². The van der Waals surface area contributed by atoms with Crippen molar-refractivity contribution in [2.24, 2.45) is 5.73 Å². The fraction of sp³-hybridized carbons (Fsp3) is 0.583. The van der Waals surface area contributed by atoms with Crippen molar-refractivity contribution >= 4 is 10.0 Å². The van der Waals surface area contributed by atoms with Crippen molar-refractivity contribution < 1.29 is 13.2 Å². The molecule has 1 atom stereocenters. The van der Waals surface area contributed by atoms with E-state index >= 15 is 0 Å². The summed E-state index contributed by atoms with van der Waals surface area (Å²) in [5.74, 6) is 0.396. The minimum Gasteiger partial charge on any atom is -0.481 e. The Bertz CT molecular complexity index is 516. The molecule has 2 N–H and O–H groups in total. The van der Waals surface area contributed by atoms with Crippen LogP contribution in [0.5, 0.6) is 5.88 Å². The zero-order valence-corrected chi connectivity index (χ0v) is 11.8. The first kappa shape index (κ1) is 14.2.